The number of hydrogen-bond donors (Lipinski definition) is 2. The van der Waals surface area contributed by atoms with Crippen molar-refractivity contribution in [2.45, 2.75) is 20.0 Å². The van der Waals surface area contributed by atoms with Crippen molar-refractivity contribution in [2.75, 3.05) is 19.0 Å². The number of hydrogen-bond acceptors (Lipinski definition) is 5. The number of nitrogens with zero attached hydrogens (tertiary/aromatic N) is 2. The van der Waals surface area contributed by atoms with E-state index in [2.05, 4.69) is 15.7 Å². The molecule has 0 radical (unpaired) electrons. The molecular weight excluding hydrogens is 453 g/mol. The van der Waals surface area contributed by atoms with Gasteiger partial charge < -0.3 is 15.4 Å². The Morgan fingerprint density at radius 2 is 1.79 bits per heavy atom. The number of aryl methyl sites for hydroxylation is 2. The van der Waals surface area contributed by atoms with E-state index in [9.17, 15) is 27.6 Å². The number of amides is 2. The zero-order valence-corrected chi connectivity index (χ0v) is 18.5. The minimum absolute atomic E-state index is 0.0996. The third kappa shape index (κ3) is 5.42. The van der Waals surface area contributed by atoms with Crippen molar-refractivity contribution in [2.24, 2.45) is 0 Å². The molecule has 0 bridgehead atoms. The zero-order valence-electron chi connectivity index (χ0n) is 18.5. The molecule has 0 aliphatic heterocycles. The Morgan fingerprint density at radius 1 is 1.09 bits per heavy atom. The normalized spacial score (nSPS) is 11.1. The van der Waals surface area contributed by atoms with E-state index in [1.807, 2.05) is 6.92 Å². The van der Waals surface area contributed by atoms with Gasteiger partial charge in [0, 0.05) is 11.8 Å². The summed E-state index contributed by atoms with van der Waals surface area (Å²) in [6, 6.07) is 10.8. The highest BCUT2D eigenvalue weighted by Crippen LogP contribution is 2.33. The Morgan fingerprint density at radius 3 is 2.47 bits per heavy atom. The van der Waals surface area contributed by atoms with Crippen LogP contribution in [0, 0.1) is 13.8 Å². The Labute approximate surface area is 192 Å². The fourth-order valence-electron chi connectivity index (χ4n) is 3.20. The summed E-state index contributed by atoms with van der Waals surface area (Å²) in [6.45, 7) is 2.71. The molecule has 11 heteroatoms. The molecule has 0 saturated carbocycles. The van der Waals surface area contributed by atoms with Gasteiger partial charge in [0.2, 0.25) is 11.3 Å². The van der Waals surface area contributed by atoms with Crippen molar-refractivity contribution >= 4 is 17.5 Å². The van der Waals surface area contributed by atoms with Gasteiger partial charge in [0.05, 0.1) is 30.6 Å². The number of benzene rings is 2. The van der Waals surface area contributed by atoms with Crippen molar-refractivity contribution in [3.8, 4) is 11.4 Å². The molecule has 0 aliphatic carbocycles. The minimum Gasteiger partial charge on any atom is -0.495 e. The number of methoxy groups -OCH3 is 1. The van der Waals surface area contributed by atoms with Crippen LogP contribution >= 0.6 is 0 Å². The molecule has 3 aromatic rings. The summed E-state index contributed by atoms with van der Waals surface area (Å²) in [5.41, 5.74) is -1.41. The van der Waals surface area contributed by atoms with Gasteiger partial charge in [0.25, 0.3) is 5.91 Å². The average molecular weight is 474 g/mol. The van der Waals surface area contributed by atoms with Crippen molar-refractivity contribution in [3.63, 3.8) is 0 Å². The fraction of sp³-hybridized carbons (Fsp3) is 0.217. The molecule has 178 valence electrons. The number of carbonyl (C=O) groups excluding carboxylic acids is 2. The van der Waals surface area contributed by atoms with E-state index in [-0.39, 0.29) is 11.4 Å². The Kier molecular flexibility index (Phi) is 7.04. The minimum atomic E-state index is -4.68. The molecule has 0 fully saturated rings. The third-order valence-electron chi connectivity index (χ3n) is 4.80. The summed E-state index contributed by atoms with van der Waals surface area (Å²) in [5.74, 6) is -1.20. The van der Waals surface area contributed by atoms with Gasteiger partial charge in [-0.05, 0) is 43.7 Å². The molecule has 2 N–H and O–H groups in total. The Balaban J connectivity index is 1.82. The first-order valence-electron chi connectivity index (χ1n) is 10.0. The maximum Gasteiger partial charge on any atom is 0.418 e. The number of anilines is 1. The maximum absolute atomic E-state index is 13.4. The number of carbonyl (C=O) groups is 2. The van der Waals surface area contributed by atoms with Gasteiger partial charge in [-0.1, -0.05) is 18.2 Å². The largest absolute Gasteiger partial charge is 0.495 e. The molecule has 2 aromatic carbocycles. The van der Waals surface area contributed by atoms with Gasteiger partial charge in [0.15, 0.2) is 5.69 Å². The number of para-hydroxylation sites is 1. The van der Waals surface area contributed by atoms with Gasteiger partial charge >= 0.3 is 6.18 Å². The van der Waals surface area contributed by atoms with E-state index < -0.39 is 41.2 Å². The first kappa shape index (κ1) is 24.5. The second-order valence-corrected chi connectivity index (χ2v) is 7.36. The summed E-state index contributed by atoms with van der Waals surface area (Å²) in [4.78, 5) is 37.2. The lowest BCUT2D eigenvalue weighted by molar-refractivity contribution is -0.137. The highest BCUT2D eigenvalue weighted by atomic mass is 19.4. The molecule has 0 aliphatic rings. The van der Waals surface area contributed by atoms with Crippen LogP contribution in [0.15, 0.2) is 53.3 Å². The van der Waals surface area contributed by atoms with Gasteiger partial charge in [-0.25, -0.2) is 4.68 Å². The number of rotatable bonds is 6. The molecule has 0 spiro atoms. The van der Waals surface area contributed by atoms with Crippen molar-refractivity contribution < 1.29 is 27.5 Å². The first-order chi connectivity index (χ1) is 16.0. The number of alkyl halides is 3. The predicted octanol–water partition coefficient (Wildman–Crippen LogP) is 3.25. The Hall–Kier alpha value is -4.15. The van der Waals surface area contributed by atoms with Crippen LogP contribution in [0.1, 0.15) is 27.3 Å². The number of halogens is 3. The van der Waals surface area contributed by atoms with Crippen molar-refractivity contribution in [1.29, 1.82) is 0 Å². The maximum atomic E-state index is 13.4. The summed E-state index contributed by atoms with van der Waals surface area (Å²) < 4.78 is 46.4. The Bertz CT molecular complexity index is 1300. The van der Waals surface area contributed by atoms with Crippen LogP contribution in [0.5, 0.6) is 5.75 Å². The monoisotopic (exact) mass is 474 g/mol. The van der Waals surface area contributed by atoms with Gasteiger partial charge in [-0.2, -0.15) is 18.3 Å². The van der Waals surface area contributed by atoms with Gasteiger partial charge in [0.1, 0.15) is 5.75 Å². The van der Waals surface area contributed by atoms with Crippen LogP contribution in [0.4, 0.5) is 18.9 Å². The molecular formula is C23H21F3N4O4. The summed E-state index contributed by atoms with van der Waals surface area (Å²) in [7, 11) is 1.44. The topological polar surface area (TPSA) is 102 Å². The van der Waals surface area contributed by atoms with Crippen LogP contribution < -0.4 is 20.8 Å². The molecule has 3 rings (SSSR count). The standard InChI is InChI=1S/C23H21F3N4O4/c1-13-8-9-19(34-3)16(10-13)28-20(32)12-27-22(33)21-18(31)11-14(2)30(29-21)17-7-5-4-6-15(17)23(24,25)26/h4-11H,12H2,1-3H3,(H,27,33)(H,28,32). The number of nitrogens with one attached hydrogen (secondary N) is 2. The third-order valence-corrected chi connectivity index (χ3v) is 4.80. The van der Waals surface area contributed by atoms with Crippen molar-refractivity contribution in [1.82, 2.24) is 15.1 Å². The zero-order chi connectivity index (χ0) is 25.0. The van der Waals surface area contributed by atoms with E-state index in [0.29, 0.717) is 11.4 Å². The lowest BCUT2D eigenvalue weighted by atomic mass is 10.1. The smallest absolute Gasteiger partial charge is 0.418 e. The first-order valence-corrected chi connectivity index (χ1v) is 10.0. The molecule has 2 amide bonds. The average Bonchev–Trinajstić information content (AvgIpc) is 2.77. The summed E-state index contributed by atoms with van der Waals surface area (Å²) >= 11 is 0. The molecule has 0 atom stereocenters. The van der Waals surface area contributed by atoms with E-state index in [1.54, 1.807) is 18.2 Å². The second kappa shape index (κ2) is 9.77. The molecule has 8 nitrogen and oxygen atoms in total. The lowest BCUT2D eigenvalue weighted by Gasteiger charge is -2.16. The van der Waals surface area contributed by atoms with E-state index in [4.69, 9.17) is 4.74 Å². The SMILES string of the molecule is COc1ccc(C)cc1NC(=O)CNC(=O)c1nn(-c2ccccc2C(F)(F)F)c(C)cc1=O. The second-order valence-electron chi connectivity index (χ2n) is 7.36. The van der Waals surface area contributed by atoms with Crippen molar-refractivity contribution in [3.05, 3.63) is 81.3 Å². The van der Waals surface area contributed by atoms with Crippen LogP contribution in [-0.4, -0.2) is 35.2 Å². The van der Waals surface area contributed by atoms with E-state index in [1.165, 1.54) is 32.2 Å². The van der Waals surface area contributed by atoms with E-state index >= 15 is 0 Å². The molecule has 0 saturated heterocycles. The van der Waals surface area contributed by atoms with Gasteiger partial charge in [-0.15, -0.1) is 0 Å². The molecule has 1 heterocycles. The van der Waals surface area contributed by atoms with Gasteiger partial charge in [-0.3, -0.25) is 14.4 Å². The molecule has 0 unspecified atom stereocenters. The molecule has 1 aromatic heterocycles. The van der Waals surface area contributed by atoms with Crippen LogP contribution in [0.25, 0.3) is 5.69 Å². The van der Waals surface area contributed by atoms with Crippen LogP contribution in [0.3, 0.4) is 0 Å². The quantitative estimate of drug-likeness (QED) is 0.571. The number of aromatic nitrogens is 2. The highest BCUT2D eigenvalue weighted by Gasteiger charge is 2.34. The lowest BCUT2D eigenvalue weighted by Crippen LogP contribution is -2.37. The highest BCUT2D eigenvalue weighted by molar-refractivity contribution is 5.99. The number of ether oxygens (including phenoxy) is 1. The van der Waals surface area contributed by atoms with Crippen LogP contribution in [-0.2, 0) is 11.0 Å². The predicted molar refractivity (Wildman–Crippen MR) is 118 cm³/mol. The summed E-state index contributed by atoms with van der Waals surface area (Å²) in [6.07, 6.45) is -4.68. The fourth-order valence-corrected chi connectivity index (χ4v) is 3.20. The molecule has 34 heavy (non-hydrogen) atoms. The van der Waals surface area contributed by atoms with E-state index in [0.717, 1.165) is 22.4 Å². The van der Waals surface area contributed by atoms with Crippen LogP contribution in [0.2, 0.25) is 0 Å². The summed E-state index contributed by atoms with van der Waals surface area (Å²) in [5, 5.41) is 8.71.